The van der Waals surface area contributed by atoms with E-state index in [9.17, 15) is 14.4 Å². The first-order valence-corrected chi connectivity index (χ1v) is 3.47. The van der Waals surface area contributed by atoms with Gasteiger partial charge in [-0.25, -0.2) is 4.79 Å². The largest absolute Gasteiger partial charge is 0.463 e. The van der Waals surface area contributed by atoms with Crippen molar-refractivity contribution in [1.82, 2.24) is 0 Å². The number of ketones is 2. The molecule has 68 valence electrons. The quantitative estimate of drug-likeness (QED) is 0.342. The van der Waals surface area contributed by atoms with Gasteiger partial charge in [0.1, 0.15) is 0 Å². The molecule has 0 rings (SSSR count). The molecular weight excluding hydrogens is 160 g/mol. The summed E-state index contributed by atoms with van der Waals surface area (Å²) in [4.78, 5) is 32.6. The summed E-state index contributed by atoms with van der Waals surface area (Å²) in [6.45, 7) is 4.70. The third kappa shape index (κ3) is 2.45. The second kappa shape index (κ2) is 3.47. The van der Waals surface area contributed by atoms with Gasteiger partial charge in [-0.15, -0.1) is 0 Å². The number of rotatable bonds is 2. The van der Waals surface area contributed by atoms with Crippen molar-refractivity contribution >= 4 is 17.5 Å². The van der Waals surface area contributed by atoms with E-state index in [1.807, 2.05) is 0 Å². The van der Waals surface area contributed by atoms with Crippen LogP contribution in [0.25, 0.3) is 0 Å². The molecule has 0 atom stereocenters. The number of esters is 1. The summed E-state index contributed by atoms with van der Waals surface area (Å²) in [7, 11) is 1.07. The molecule has 0 aromatic carbocycles. The smallest absolute Gasteiger partial charge is 0.382 e. The first kappa shape index (κ1) is 10.8. The Bertz CT molecular complexity index is 222. The first-order chi connectivity index (χ1) is 5.30. The van der Waals surface area contributed by atoms with Crippen molar-refractivity contribution < 1.29 is 19.1 Å². The van der Waals surface area contributed by atoms with Crippen LogP contribution in [0, 0.1) is 5.41 Å². The van der Waals surface area contributed by atoms with E-state index in [2.05, 4.69) is 4.74 Å². The molecule has 0 saturated carbocycles. The molecule has 0 fully saturated rings. The number of Topliss-reactive ketones (excluding diaryl/α,β-unsaturated/α-hetero) is 2. The third-order valence-electron chi connectivity index (χ3n) is 1.26. The molecule has 4 nitrogen and oxygen atoms in total. The zero-order chi connectivity index (χ0) is 9.94. The van der Waals surface area contributed by atoms with Crippen LogP contribution in [0.15, 0.2) is 0 Å². The average Bonchev–Trinajstić information content (AvgIpc) is 1.98. The van der Waals surface area contributed by atoms with Crippen LogP contribution in [-0.2, 0) is 19.1 Å². The summed E-state index contributed by atoms with van der Waals surface area (Å²) in [5, 5.41) is 0. The van der Waals surface area contributed by atoms with E-state index in [0.29, 0.717) is 0 Å². The molecule has 0 saturated heterocycles. The Hall–Kier alpha value is -1.19. The molecule has 0 bridgehead atoms. The lowest BCUT2D eigenvalue weighted by Gasteiger charge is -2.13. The van der Waals surface area contributed by atoms with Gasteiger partial charge in [0.05, 0.1) is 7.11 Å². The molecule has 0 aromatic rings. The van der Waals surface area contributed by atoms with Crippen molar-refractivity contribution in [2.75, 3.05) is 7.11 Å². The zero-order valence-corrected chi connectivity index (χ0v) is 7.63. The van der Waals surface area contributed by atoms with Gasteiger partial charge in [-0.2, -0.15) is 0 Å². The highest BCUT2D eigenvalue weighted by Crippen LogP contribution is 2.14. The maximum atomic E-state index is 11.1. The number of hydrogen-bond acceptors (Lipinski definition) is 4. The van der Waals surface area contributed by atoms with Crippen LogP contribution in [0.5, 0.6) is 0 Å². The summed E-state index contributed by atoms with van der Waals surface area (Å²) < 4.78 is 4.12. The summed E-state index contributed by atoms with van der Waals surface area (Å²) in [6.07, 6.45) is 0. The van der Waals surface area contributed by atoms with Gasteiger partial charge in [-0.05, 0) is 0 Å². The number of methoxy groups -OCH3 is 1. The fraction of sp³-hybridized carbons (Fsp3) is 0.625. The van der Waals surface area contributed by atoms with Crippen molar-refractivity contribution in [2.24, 2.45) is 5.41 Å². The van der Waals surface area contributed by atoms with Crippen molar-refractivity contribution in [3.8, 4) is 0 Å². The lowest BCUT2D eigenvalue weighted by Crippen LogP contribution is -2.34. The monoisotopic (exact) mass is 172 g/mol. The molecule has 0 spiro atoms. The summed E-state index contributed by atoms with van der Waals surface area (Å²) >= 11 is 0. The Morgan fingerprint density at radius 2 is 1.50 bits per heavy atom. The highest BCUT2D eigenvalue weighted by molar-refractivity contribution is 6.62. The van der Waals surface area contributed by atoms with Crippen LogP contribution in [0.2, 0.25) is 0 Å². The minimum absolute atomic E-state index is 0.727. The molecule has 0 aliphatic carbocycles. The van der Waals surface area contributed by atoms with E-state index in [4.69, 9.17) is 0 Å². The minimum atomic E-state index is -1.10. The summed E-state index contributed by atoms with van der Waals surface area (Å²) in [5.41, 5.74) is -0.828. The highest BCUT2D eigenvalue weighted by Gasteiger charge is 2.33. The minimum Gasteiger partial charge on any atom is -0.463 e. The van der Waals surface area contributed by atoms with Gasteiger partial charge in [-0.3, -0.25) is 9.59 Å². The third-order valence-corrected chi connectivity index (χ3v) is 1.26. The Morgan fingerprint density at radius 3 is 1.75 bits per heavy atom. The number of carbonyl (C=O) groups excluding carboxylic acids is 3. The standard InChI is InChI=1S/C8H12O4/c1-8(2,3)6(10)5(9)7(11)12-4/h1-4H3. The highest BCUT2D eigenvalue weighted by atomic mass is 16.5. The maximum Gasteiger partial charge on any atom is 0.382 e. The molecule has 4 heteroatoms. The molecule has 12 heavy (non-hydrogen) atoms. The van der Waals surface area contributed by atoms with Crippen LogP contribution >= 0.6 is 0 Å². The van der Waals surface area contributed by atoms with Gasteiger partial charge in [0, 0.05) is 5.41 Å². The Morgan fingerprint density at radius 1 is 1.08 bits per heavy atom. The molecule has 0 aromatic heterocycles. The van der Waals surface area contributed by atoms with Crippen molar-refractivity contribution in [3.63, 3.8) is 0 Å². The van der Waals surface area contributed by atoms with E-state index < -0.39 is 23.0 Å². The van der Waals surface area contributed by atoms with Crippen LogP contribution in [-0.4, -0.2) is 24.6 Å². The molecule has 0 unspecified atom stereocenters. The van der Waals surface area contributed by atoms with Crippen LogP contribution in [0.4, 0.5) is 0 Å². The summed E-state index contributed by atoms with van der Waals surface area (Å²) in [5.74, 6) is -2.92. The maximum absolute atomic E-state index is 11.1. The lowest BCUT2D eigenvalue weighted by atomic mass is 9.88. The topological polar surface area (TPSA) is 60.4 Å². The predicted octanol–water partition coefficient (Wildman–Crippen LogP) is 0.344. The molecule has 0 heterocycles. The molecule has 0 N–H and O–H groups in total. The van der Waals surface area contributed by atoms with E-state index in [-0.39, 0.29) is 0 Å². The van der Waals surface area contributed by atoms with Crippen LogP contribution in [0.3, 0.4) is 0 Å². The second-order valence-corrected chi connectivity index (χ2v) is 3.40. The SMILES string of the molecule is COC(=O)C(=O)C(=O)C(C)(C)C. The molecule has 0 amide bonds. The van der Waals surface area contributed by atoms with Crippen LogP contribution < -0.4 is 0 Å². The van der Waals surface area contributed by atoms with Gasteiger partial charge >= 0.3 is 11.8 Å². The predicted molar refractivity (Wildman–Crippen MR) is 41.5 cm³/mol. The first-order valence-electron chi connectivity index (χ1n) is 3.47. The van der Waals surface area contributed by atoms with Crippen molar-refractivity contribution in [3.05, 3.63) is 0 Å². The van der Waals surface area contributed by atoms with E-state index in [0.717, 1.165) is 7.11 Å². The fourth-order valence-corrected chi connectivity index (χ4v) is 0.526. The zero-order valence-electron chi connectivity index (χ0n) is 7.63. The van der Waals surface area contributed by atoms with E-state index in [1.54, 1.807) is 20.8 Å². The molecule has 0 aliphatic rings. The van der Waals surface area contributed by atoms with Crippen LogP contribution in [0.1, 0.15) is 20.8 Å². The average molecular weight is 172 g/mol. The lowest BCUT2D eigenvalue weighted by molar-refractivity contribution is -0.156. The van der Waals surface area contributed by atoms with E-state index >= 15 is 0 Å². The van der Waals surface area contributed by atoms with Crippen molar-refractivity contribution in [2.45, 2.75) is 20.8 Å². The van der Waals surface area contributed by atoms with Gasteiger partial charge in [0.15, 0.2) is 0 Å². The van der Waals surface area contributed by atoms with Gasteiger partial charge < -0.3 is 4.74 Å². The second-order valence-electron chi connectivity index (χ2n) is 3.40. The van der Waals surface area contributed by atoms with Gasteiger partial charge in [-0.1, -0.05) is 20.8 Å². The molecule has 0 aliphatic heterocycles. The Kier molecular flexibility index (Phi) is 3.13. The fourth-order valence-electron chi connectivity index (χ4n) is 0.526. The van der Waals surface area contributed by atoms with Gasteiger partial charge in [0.25, 0.3) is 0 Å². The number of carbonyl (C=O) groups is 3. The number of hydrogen-bond donors (Lipinski definition) is 0. The Labute approximate surface area is 70.9 Å². The van der Waals surface area contributed by atoms with Gasteiger partial charge in [0.2, 0.25) is 5.78 Å². The molecular formula is C8H12O4. The Balaban J connectivity index is 4.53. The summed E-state index contributed by atoms with van der Waals surface area (Å²) in [6, 6.07) is 0. The van der Waals surface area contributed by atoms with E-state index in [1.165, 1.54) is 0 Å². The van der Waals surface area contributed by atoms with Crippen molar-refractivity contribution in [1.29, 1.82) is 0 Å². The molecule has 0 radical (unpaired) electrons. The number of ether oxygens (including phenoxy) is 1. The normalized spacial score (nSPS) is 10.7.